The molecule has 162 valence electrons. The molecule has 29 heavy (non-hydrogen) atoms. The number of hydrogen-bond donors (Lipinski definition) is 1. The Bertz CT molecular complexity index is 660. The van der Waals surface area contributed by atoms with Gasteiger partial charge in [-0.2, -0.15) is 0 Å². The molecular weight excluding hydrogens is 380 g/mol. The zero-order chi connectivity index (χ0) is 21.4. The van der Waals surface area contributed by atoms with Crippen LogP contribution in [0.5, 0.6) is 0 Å². The first-order chi connectivity index (χ1) is 13.5. The molecule has 3 rings (SSSR count). The molecule has 0 aromatic rings. The van der Waals surface area contributed by atoms with Crippen molar-refractivity contribution in [2.24, 2.45) is 17.8 Å². The fraction of sp³-hybridized carbons (Fsp3) is 0.750. The van der Waals surface area contributed by atoms with Crippen molar-refractivity contribution in [2.75, 3.05) is 0 Å². The highest BCUT2D eigenvalue weighted by Crippen LogP contribution is 2.44. The number of carbonyl (C=O) groups is 1. The Labute approximate surface area is 177 Å². The lowest BCUT2D eigenvalue weighted by molar-refractivity contribution is -0.160. The van der Waals surface area contributed by atoms with E-state index in [1.54, 1.807) is 0 Å². The van der Waals surface area contributed by atoms with Gasteiger partial charge in [0.15, 0.2) is 8.32 Å². The standard InChI is InChI=1S/C24H38O4Si/c1-16-7-8-17-13-20(28-29(5,6)24(2,3)4)10-12-22(17)21(16)11-9-19-14-18(25)15-23(26)27-19/h7-8,13,16,18-22,25H,9-11,14-15H2,1-6H3. The van der Waals surface area contributed by atoms with Crippen LogP contribution >= 0.6 is 0 Å². The Hall–Kier alpha value is -0.913. The smallest absolute Gasteiger partial charge is 0.308 e. The van der Waals surface area contributed by atoms with Crippen LogP contribution < -0.4 is 0 Å². The van der Waals surface area contributed by atoms with Crippen LogP contribution in [0.1, 0.15) is 59.8 Å². The number of cyclic esters (lactones) is 1. The van der Waals surface area contributed by atoms with Crippen LogP contribution in [0.2, 0.25) is 18.1 Å². The van der Waals surface area contributed by atoms with Crippen LogP contribution in [0.25, 0.3) is 0 Å². The maximum Gasteiger partial charge on any atom is 0.308 e. The van der Waals surface area contributed by atoms with Gasteiger partial charge >= 0.3 is 5.97 Å². The van der Waals surface area contributed by atoms with Crippen molar-refractivity contribution in [3.63, 3.8) is 0 Å². The summed E-state index contributed by atoms with van der Waals surface area (Å²) in [6.07, 6.45) is 13.3. The number of fused-ring (bicyclic) bond motifs is 1. The molecule has 6 atom stereocenters. The molecule has 1 fully saturated rings. The lowest BCUT2D eigenvalue weighted by Crippen LogP contribution is -2.44. The molecule has 1 saturated heterocycles. The maximum atomic E-state index is 11.6. The van der Waals surface area contributed by atoms with Crippen LogP contribution in [0, 0.1) is 24.2 Å². The van der Waals surface area contributed by atoms with Crippen molar-refractivity contribution in [1.29, 1.82) is 0 Å². The Morgan fingerprint density at radius 3 is 2.69 bits per heavy atom. The second-order valence-electron chi connectivity index (χ2n) is 10.6. The van der Waals surface area contributed by atoms with E-state index in [4.69, 9.17) is 9.16 Å². The molecule has 1 heterocycles. The maximum absolute atomic E-state index is 11.6. The number of carbonyl (C=O) groups excluding carboxylic acids is 1. The molecule has 4 nitrogen and oxygen atoms in total. The summed E-state index contributed by atoms with van der Waals surface area (Å²) < 4.78 is 12.1. The number of rotatable bonds is 5. The number of aliphatic hydroxyl groups excluding tert-OH is 1. The van der Waals surface area contributed by atoms with E-state index in [2.05, 4.69) is 65.4 Å². The number of aliphatic hydroxyl groups is 1. The van der Waals surface area contributed by atoms with Crippen LogP contribution in [0.3, 0.4) is 0 Å². The minimum absolute atomic E-state index is 0.121. The number of hydrogen-bond acceptors (Lipinski definition) is 4. The van der Waals surface area contributed by atoms with Crippen molar-refractivity contribution in [2.45, 2.75) is 96.2 Å². The molecule has 0 amide bonds. The van der Waals surface area contributed by atoms with Gasteiger partial charge < -0.3 is 14.3 Å². The average molecular weight is 419 g/mol. The Balaban J connectivity index is 1.64. The number of allylic oxidation sites excluding steroid dienone is 3. The highest BCUT2D eigenvalue weighted by atomic mass is 28.4. The molecule has 1 N–H and O–H groups in total. The average Bonchev–Trinajstić information content (AvgIpc) is 2.59. The van der Waals surface area contributed by atoms with Gasteiger partial charge in [-0.25, -0.2) is 0 Å². The summed E-state index contributed by atoms with van der Waals surface area (Å²) in [5, 5.41) is 10.1. The molecule has 2 aliphatic carbocycles. The van der Waals surface area contributed by atoms with Gasteiger partial charge in [0.25, 0.3) is 0 Å². The molecule has 5 heteroatoms. The molecular formula is C24H38O4Si. The third-order valence-corrected chi connectivity index (χ3v) is 11.8. The topological polar surface area (TPSA) is 55.8 Å². The van der Waals surface area contributed by atoms with E-state index < -0.39 is 14.4 Å². The zero-order valence-electron chi connectivity index (χ0n) is 18.9. The molecule has 0 bridgehead atoms. The highest BCUT2D eigenvalue weighted by molar-refractivity contribution is 6.74. The molecule has 0 aromatic heterocycles. The number of esters is 1. The molecule has 3 aliphatic rings. The lowest BCUT2D eigenvalue weighted by atomic mass is 9.67. The third-order valence-electron chi connectivity index (χ3n) is 7.28. The van der Waals surface area contributed by atoms with Gasteiger partial charge in [0.1, 0.15) is 6.10 Å². The zero-order valence-corrected chi connectivity index (χ0v) is 19.9. The SMILES string of the molecule is CC1C=CC2=CC(O[Si](C)(C)C(C)(C)C)C[C]C2C1CCC1CC(O)CC(=O)O1. The minimum atomic E-state index is -1.81. The Kier molecular flexibility index (Phi) is 6.81. The van der Waals surface area contributed by atoms with E-state index in [-0.39, 0.29) is 29.6 Å². The first kappa shape index (κ1) is 22.8. The van der Waals surface area contributed by atoms with Gasteiger partial charge in [-0.1, -0.05) is 45.9 Å². The van der Waals surface area contributed by atoms with Crippen LogP contribution in [0.15, 0.2) is 23.8 Å². The monoisotopic (exact) mass is 418 g/mol. The van der Waals surface area contributed by atoms with Gasteiger partial charge in [0, 0.05) is 6.42 Å². The van der Waals surface area contributed by atoms with E-state index in [0.717, 1.165) is 19.3 Å². The first-order valence-electron chi connectivity index (χ1n) is 11.1. The van der Waals surface area contributed by atoms with Gasteiger partial charge in [0.05, 0.1) is 18.6 Å². The van der Waals surface area contributed by atoms with Crippen LogP contribution in [-0.4, -0.2) is 37.7 Å². The van der Waals surface area contributed by atoms with E-state index in [0.29, 0.717) is 24.2 Å². The largest absolute Gasteiger partial charge is 0.462 e. The van der Waals surface area contributed by atoms with Crippen LogP contribution in [0.4, 0.5) is 0 Å². The van der Waals surface area contributed by atoms with Crippen molar-refractivity contribution in [3.05, 3.63) is 30.2 Å². The Morgan fingerprint density at radius 2 is 2.03 bits per heavy atom. The van der Waals surface area contributed by atoms with Gasteiger partial charge in [0.2, 0.25) is 0 Å². The molecule has 0 spiro atoms. The fourth-order valence-corrected chi connectivity index (χ4v) is 5.74. The molecule has 1 aliphatic heterocycles. The summed E-state index contributed by atoms with van der Waals surface area (Å²) in [6, 6.07) is 0. The summed E-state index contributed by atoms with van der Waals surface area (Å²) in [4.78, 5) is 11.6. The second kappa shape index (κ2) is 8.68. The van der Waals surface area contributed by atoms with E-state index in [1.807, 2.05) is 0 Å². The quantitative estimate of drug-likeness (QED) is 0.500. The molecule has 6 unspecified atom stereocenters. The number of ether oxygens (including phenoxy) is 1. The van der Waals surface area contributed by atoms with Crippen molar-refractivity contribution < 1.29 is 19.1 Å². The van der Waals surface area contributed by atoms with Crippen molar-refractivity contribution in [1.82, 2.24) is 0 Å². The minimum Gasteiger partial charge on any atom is -0.462 e. The van der Waals surface area contributed by atoms with Crippen LogP contribution in [-0.2, 0) is 14.0 Å². The predicted molar refractivity (Wildman–Crippen MR) is 118 cm³/mol. The van der Waals surface area contributed by atoms with Crippen molar-refractivity contribution in [3.8, 4) is 0 Å². The predicted octanol–water partition coefficient (Wildman–Crippen LogP) is 5.07. The third kappa shape index (κ3) is 5.42. The van der Waals surface area contributed by atoms with Crippen molar-refractivity contribution >= 4 is 14.3 Å². The van der Waals surface area contributed by atoms with E-state index in [9.17, 15) is 9.90 Å². The molecule has 0 aromatic carbocycles. The van der Waals surface area contributed by atoms with Gasteiger partial charge in [-0.3, -0.25) is 4.79 Å². The summed E-state index contributed by atoms with van der Waals surface area (Å²) in [7, 11) is -1.81. The molecule has 0 saturated carbocycles. The van der Waals surface area contributed by atoms with Gasteiger partial charge in [-0.15, -0.1) is 0 Å². The summed E-state index contributed by atoms with van der Waals surface area (Å²) in [6.45, 7) is 13.7. The highest BCUT2D eigenvalue weighted by Gasteiger charge is 2.41. The van der Waals surface area contributed by atoms with Gasteiger partial charge in [-0.05, 0) is 67.1 Å². The van der Waals surface area contributed by atoms with E-state index in [1.165, 1.54) is 5.57 Å². The molecule has 2 radical (unpaired) electrons. The summed E-state index contributed by atoms with van der Waals surface area (Å²) in [5.41, 5.74) is 1.32. The first-order valence-corrected chi connectivity index (χ1v) is 14.1. The van der Waals surface area contributed by atoms with E-state index >= 15 is 0 Å². The fourth-order valence-electron chi connectivity index (χ4n) is 4.48. The normalized spacial score (nSPS) is 35.7. The summed E-state index contributed by atoms with van der Waals surface area (Å²) in [5.74, 6) is 0.968. The summed E-state index contributed by atoms with van der Waals surface area (Å²) >= 11 is 0. The Morgan fingerprint density at radius 1 is 1.31 bits per heavy atom. The second-order valence-corrected chi connectivity index (χ2v) is 15.4. The lowest BCUT2D eigenvalue weighted by Gasteiger charge is -2.43.